The van der Waals surface area contributed by atoms with Gasteiger partial charge in [0.1, 0.15) is 0 Å². The lowest BCUT2D eigenvalue weighted by Gasteiger charge is -2.01. The number of benzene rings is 1. The first-order valence-corrected chi connectivity index (χ1v) is 3.42. The number of nitrogens with one attached hydrogen (secondary N) is 1. The summed E-state index contributed by atoms with van der Waals surface area (Å²) in [6.45, 7) is 2.99. The molecule has 0 saturated carbocycles. The average molecular weight is 136 g/mol. The number of anilines is 2. The van der Waals surface area contributed by atoms with Gasteiger partial charge in [0.25, 0.3) is 0 Å². The van der Waals surface area contributed by atoms with Crippen molar-refractivity contribution in [3.05, 3.63) is 24.3 Å². The molecule has 1 rings (SSSR count). The van der Waals surface area contributed by atoms with Gasteiger partial charge in [-0.05, 0) is 25.1 Å². The molecule has 2 nitrogen and oxygen atoms in total. The van der Waals surface area contributed by atoms with Crippen LogP contribution in [0, 0.1) is 0 Å². The first-order chi connectivity index (χ1) is 4.83. The van der Waals surface area contributed by atoms with Crippen molar-refractivity contribution in [1.29, 1.82) is 0 Å². The highest BCUT2D eigenvalue weighted by atomic mass is 14.8. The second-order valence-corrected chi connectivity index (χ2v) is 2.16. The topological polar surface area (TPSA) is 38.0 Å². The highest BCUT2D eigenvalue weighted by molar-refractivity contribution is 5.53. The lowest BCUT2D eigenvalue weighted by Crippen LogP contribution is -1.96. The van der Waals surface area contributed by atoms with E-state index in [2.05, 4.69) is 12.2 Å². The quantitative estimate of drug-likeness (QED) is 0.607. The van der Waals surface area contributed by atoms with Crippen molar-refractivity contribution in [3.8, 4) is 0 Å². The summed E-state index contributed by atoms with van der Waals surface area (Å²) in [6.07, 6.45) is 0. The van der Waals surface area contributed by atoms with E-state index in [4.69, 9.17) is 5.73 Å². The summed E-state index contributed by atoms with van der Waals surface area (Å²) in [5.74, 6) is 0. The molecule has 10 heavy (non-hydrogen) atoms. The minimum atomic E-state index is 0.804. The first-order valence-electron chi connectivity index (χ1n) is 3.42. The maximum atomic E-state index is 5.55. The molecule has 1 aromatic rings. The van der Waals surface area contributed by atoms with E-state index in [1.165, 1.54) is 0 Å². The molecule has 0 radical (unpaired) electrons. The molecule has 0 atom stereocenters. The summed E-state index contributed by atoms with van der Waals surface area (Å²) in [7, 11) is 0. The second kappa shape index (κ2) is 3.11. The average Bonchev–Trinajstić information content (AvgIpc) is 1.88. The van der Waals surface area contributed by atoms with Gasteiger partial charge in [-0.2, -0.15) is 0 Å². The normalized spacial score (nSPS) is 9.30. The van der Waals surface area contributed by atoms with Crippen molar-refractivity contribution in [1.82, 2.24) is 0 Å². The Morgan fingerprint density at radius 3 is 2.90 bits per heavy atom. The van der Waals surface area contributed by atoms with Gasteiger partial charge in [0, 0.05) is 17.9 Å². The van der Waals surface area contributed by atoms with Crippen LogP contribution < -0.4 is 11.1 Å². The number of hydrogen-bond acceptors (Lipinski definition) is 2. The Morgan fingerprint density at radius 2 is 2.30 bits per heavy atom. The lowest BCUT2D eigenvalue weighted by atomic mass is 10.3. The van der Waals surface area contributed by atoms with Crippen molar-refractivity contribution in [2.24, 2.45) is 0 Å². The molecule has 0 bridgehead atoms. The Balaban J connectivity index is 2.75. The van der Waals surface area contributed by atoms with E-state index in [1.807, 2.05) is 24.3 Å². The van der Waals surface area contributed by atoms with E-state index in [0.29, 0.717) is 0 Å². The van der Waals surface area contributed by atoms with Gasteiger partial charge in [-0.1, -0.05) is 6.07 Å². The predicted octanol–water partition coefficient (Wildman–Crippen LogP) is 1.70. The molecule has 0 heterocycles. The number of rotatable bonds is 2. The standard InChI is InChI=1S/C8H12N2/c1-2-10-8-5-3-4-7(9)6-8/h3-6,10H,2,9H2,1H3. The van der Waals surface area contributed by atoms with Crippen molar-refractivity contribution in [2.75, 3.05) is 17.6 Å². The molecule has 0 fully saturated rings. The minimum absolute atomic E-state index is 0.804. The van der Waals surface area contributed by atoms with Crippen molar-refractivity contribution in [3.63, 3.8) is 0 Å². The van der Waals surface area contributed by atoms with Gasteiger partial charge in [-0.15, -0.1) is 0 Å². The molecule has 0 aromatic heterocycles. The fourth-order valence-corrected chi connectivity index (χ4v) is 0.853. The Kier molecular flexibility index (Phi) is 2.15. The summed E-state index contributed by atoms with van der Waals surface area (Å²) in [5.41, 5.74) is 7.44. The first kappa shape index (κ1) is 6.93. The minimum Gasteiger partial charge on any atom is -0.399 e. The Morgan fingerprint density at radius 1 is 1.50 bits per heavy atom. The van der Waals surface area contributed by atoms with E-state index in [9.17, 15) is 0 Å². The van der Waals surface area contributed by atoms with Gasteiger partial charge in [0.15, 0.2) is 0 Å². The van der Waals surface area contributed by atoms with Crippen LogP contribution in [0.15, 0.2) is 24.3 Å². The molecule has 54 valence electrons. The highest BCUT2D eigenvalue weighted by Crippen LogP contribution is 2.10. The Bertz CT molecular complexity index is 208. The second-order valence-electron chi connectivity index (χ2n) is 2.16. The molecule has 0 amide bonds. The fourth-order valence-electron chi connectivity index (χ4n) is 0.853. The van der Waals surface area contributed by atoms with E-state index in [-0.39, 0.29) is 0 Å². The molecular formula is C8H12N2. The van der Waals surface area contributed by atoms with Crippen LogP contribution in [0.1, 0.15) is 6.92 Å². The van der Waals surface area contributed by atoms with Gasteiger partial charge in [-0.25, -0.2) is 0 Å². The van der Waals surface area contributed by atoms with Crippen LogP contribution >= 0.6 is 0 Å². The van der Waals surface area contributed by atoms with E-state index < -0.39 is 0 Å². The molecule has 0 unspecified atom stereocenters. The molecule has 0 saturated heterocycles. The highest BCUT2D eigenvalue weighted by Gasteiger charge is 1.87. The van der Waals surface area contributed by atoms with Gasteiger partial charge >= 0.3 is 0 Å². The van der Waals surface area contributed by atoms with E-state index in [0.717, 1.165) is 17.9 Å². The zero-order valence-electron chi connectivity index (χ0n) is 6.09. The summed E-state index contributed by atoms with van der Waals surface area (Å²) >= 11 is 0. The van der Waals surface area contributed by atoms with Crippen LogP contribution in [0.3, 0.4) is 0 Å². The third kappa shape index (κ3) is 1.65. The smallest absolute Gasteiger partial charge is 0.0360 e. The summed E-state index contributed by atoms with van der Waals surface area (Å²) in [5, 5.41) is 3.17. The Labute approximate surface area is 61.1 Å². The third-order valence-corrected chi connectivity index (χ3v) is 1.27. The molecule has 0 aliphatic heterocycles. The van der Waals surface area contributed by atoms with E-state index >= 15 is 0 Å². The molecule has 0 aliphatic carbocycles. The number of nitrogens with two attached hydrogens (primary N) is 1. The van der Waals surface area contributed by atoms with Crippen molar-refractivity contribution in [2.45, 2.75) is 6.92 Å². The lowest BCUT2D eigenvalue weighted by molar-refractivity contribution is 1.21. The van der Waals surface area contributed by atoms with Gasteiger partial charge < -0.3 is 11.1 Å². The third-order valence-electron chi connectivity index (χ3n) is 1.27. The van der Waals surface area contributed by atoms with Gasteiger partial charge in [-0.3, -0.25) is 0 Å². The number of hydrogen-bond donors (Lipinski definition) is 2. The molecular weight excluding hydrogens is 124 g/mol. The van der Waals surface area contributed by atoms with Gasteiger partial charge in [0.2, 0.25) is 0 Å². The summed E-state index contributed by atoms with van der Waals surface area (Å²) < 4.78 is 0. The largest absolute Gasteiger partial charge is 0.399 e. The van der Waals surface area contributed by atoms with Crippen LogP contribution in [0.5, 0.6) is 0 Å². The molecule has 3 N–H and O–H groups in total. The Hall–Kier alpha value is -1.18. The van der Waals surface area contributed by atoms with Crippen LogP contribution in [0.25, 0.3) is 0 Å². The zero-order chi connectivity index (χ0) is 7.40. The molecule has 1 aromatic carbocycles. The molecule has 0 spiro atoms. The van der Waals surface area contributed by atoms with Crippen LogP contribution in [-0.4, -0.2) is 6.54 Å². The zero-order valence-corrected chi connectivity index (χ0v) is 6.09. The molecule has 0 aliphatic rings. The maximum Gasteiger partial charge on any atom is 0.0360 e. The summed E-state index contributed by atoms with van der Waals surface area (Å²) in [4.78, 5) is 0. The molecule has 2 heteroatoms. The van der Waals surface area contributed by atoms with E-state index in [1.54, 1.807) is 0 Å². The van der Waals surface area contributed by atoms with Crippen LogP contribution in [0.2, 0.25) is 0 Å². The fraction of sp³-hybridized carbons (Fsp3) is 0.250. The maximum absolute atomic E-state index is 5.55. The van der Waals surface area contributed by atoms with Crippen LogP contribution in [0.4, 0.5) is 11.4 Å². The number of nitrogen functional groups attached to an aromatic ring is 1. The van der Waals surface area contributed by atoms with Gasteiger partial charge in [0.05, 0.1) is 0 Å². The van der Waals surface area contributed by atoms with Crippen molar-refractivity contribution >= 4 is 11.4 Å². The SMILES string of the molecule is CCNc1cccc(N)c1. The monoisotopic (exact) mass is 136 g/mol. The summed E-state index contributed by atoms with van der Waals surface area (Å²) in [6, 6.07) is 7.73. The van der Waals surface area contributed by atoms with Crippen LogP contribution in [-0.2, 0) is 0 Å². The van der Waals surface area contributed by atoms with Crippen molar-refractivity contribution < 1.29 is 0 Å². The predicted molar refractivity (Wildman–Crippen MR) is 45.0 cm³/mol.